The van der Waals surface area contributed by atoms with Gasteiger partial charge in [0, 0.05) is 18.6 Å². The van der Waals surface area contributed by atoms with E-state index in [0.29, 0.717) is 6.54 Å². The van der Waals surface area contributed by atoms with E-state index in [-0.39, 0.29) is 29.8 Å². The summed E-state index contributed by atoms with van der Waals surface area (Å²) in [7, 11) is 1.82. The molecule has 142 valence electrons. The first-order chi connectivity index (χ1) is 11.4. The highest BCUT2D eigenvalue weighted by atomic mass is 19.4. The number of benzene rings is 1. The molecule has 0 saturated carbocycles. The fourth-order valence-electron chi connectivity index (χ4n) is 2.73. The van der Waals surface area contributed by atoms with E-state index in [9.17, 15) is 18.0 Å². The van der Waals surface area contributed by atoms with E-state index in [1.165, 1.54) is 12.1 Å². The van der Waals surface area contributed by atoms with E-state index in [1.54, 1.807) is 12.1 Å². The summed E-state index contributed by atoms with van der Waals surface area (Å²) in [6, 6.07) is 5.55. The number of nitrogens with zero attached hydrogens (tertiary/aromatic N) is 2. The molecule has 4 nitrogen and oxygen atoms in total. The number of likely N-dealkylation sites (N-methyl/N-ethyl adjacent to an activating group) is 1. The molecule has 1 rings (SSSR count). The Hall–Kier alpha value is -1.76. The van der Waals surface area contributed by atoms with Crippen molar-refractivity contribution in [1.29, 1.82) is 0 Å². The molecule has 1 aromatic rings. The molecule has 0 fully saturated rings. The van der Waals surface area contributed by atoms with Gasteiger partial charge in [0.25, 0.3) is 0 Å². The van der Waals surface area contributed by atoms with Crippen LogP contribution in [0.3, 0.4) is 0 Å². The van der Waals surface area contributed by atoms with Crippen molar-refractivity contribution in [3.8, 4) is 5.75 Å². The maximum Gasteiger partial charge on any atom is 0.573 e. The Morgan fingerprint density at radius 2 is 1.52 bits per heavy atom. The second-order valence-corrected chi connectivity index (χ2v) is 6.72. The van der Waals surface area contributed by atoms with Gasteiger partial charge >= 0.3 is 6.36 Å². The zero-order chi connectivity index (χ0) is 19.4. The number of hydrogen-bond donors (Lipinski definition) is 0. The van der Waals surface area contributed by atoms with Gasteiger partial charge in [0.05, 0.1) is 6.04 Å². The molecule has 0 radical (unpaired) electrons. The van der Waals surface area contributed by atoms with Gasteiger partial charge in [-0.25, -0.2) is 0 Å². The molecule has 7 heteroatoms. The van der Waals surface area contributed by atoms with Gasteiger partial charge in [0.1, 0.15) is 5.75 Å². The minimum atomic E-state index is -4.70. The summed E-state index contributed by atoms with van der Waals surface area (Å²) in [5, 5.41) is 0. The quantitative estimate of drug-likeness (QED) is 0.735. The van der Waals surface area contributed by atoms with Gasteiger partial charge < -0.3 is 9.64 Å². The van der Waals surface area contributed by atoms with Gasteiger partial charge in [0.2, 0.25) is 5.91 Å². The van der Waals surface area contributed by atoms with Gasteiger partial charge in [0.15, 0.2) is 0 Å². The first kappa shape index (κ1) is 21.3. The average Bonchev–Trinajstić information content (AvgIpc) is 2.46. The minimum Gasteiger partial charge on any atom is -0.406 e. The van der Waals surface area contributed by atoms with E-state index in [4.69, 9.17) is 0 Å². The predicted octanol–water partition coefficient (Wildman–Crippen LogP) is 4.05. The average molecular weight is 360 g/mol. The third-order valence-corrected chi connectivity index (χ3v) is 3.97. The molecule has 0 aliphatic carbocycles. The van der Waals surface area contributed by atoms with Crippen molar-refractivity contribution >= 4 is 5.91 Å². The minimum absolute atomic E-state index is 0.0320. The largest absolute Gasteiger partial charge is 0.573 e. The fourth-order valence-corrected chi connectivity index (χ4v) is 2.73. The number of carbonyl (C=O) groups is 1. The fraction of sp³-hybridized carbons (Fsp3) is 0.611. The molecule has 0 saturated heterocycles. The standard InChI is InChI=1S/C18H27F3N2O2/c1-12(2)23(13(3)4)17(24)14(5)22(6)11-15-7-9-16(10-8-15)25-18(19,20)21/h7-10,12-14H,11H2,1-6H3. The number of ether oxygens (including phenoxy) is 1. The van der Waals surface area contributed by atoms with Crippen molar-refractivity contribution in [2.45, 2.75) is 65.7 Å². The van der Waals surface area contributed by atoms with Gasteiger partial charge in [-0.1, -0.05) is 12.1 Å². The van der Waals surface area contributed by atoms with Gasteiger partial charge in [-0.3, -0.25) is 9.69 Å². The van der Waals surface area contributed by atoms with E-state index in [0.717, 1.165) is 5.56 Å². The molecule has 1 atom stereocenters. The molecule has 0 aliphatic heterocycles. The Morgan fingerprint density at radius 1 is 1.04 bits per heavy atom. The predicted molar refractivity (Wildman–Crippen MR) is 91.2 cm³/mol. The normalized spacial score (nSPS) is 13.4. The highest BCUT2D eigenvalue weighted by Crippen LogP contribution is 2.23. The Bertz CT molecular complexity index is 548. The molecule has 1 unspecified atom stereocenters. The Labute approximate surface area is 147 Å². The van der Waals surface area contributed by atoms with Crippen LogP contribution in [-0.2, 0) is 11.3 Å². The summed E-state index contributed by atoms with van der Waals surface area (Å²) in [4.78, 5) is 16.4. The van der Waals surface area contributed by atoms with Gasteiger partial charge in [-0.15, -0.1) is 13.2 Å². The van der Waals surface area contributed by atoms with Crippen LogP contribution in [0.15, 0.2) is 24.3 Å². The van der Waals surface area contributed by atoms with Crippen LogP contribution in [0, 0.1) is 0 Å². The van der Waals surface area contributed by atoms with Crippen LogP contribution in [0.1, 0.15) is 40.2 Å². The second kappa shape index (κ2) is 8.56. The van der Waals surface area contributed by atoms with Crippen molar-refractivity contribution in [2.75, 3.05) is 7.05 Å². The van der Waals surface area contributed by atoms with Crippen LogP contribution in [0.5, 0.6) is 5.75 Å². The number of amides is 1. The summed E-state index contributed by atoms with van der Waals surface area (Å²) >= 11 is 0. The van der Waals surface area contributed by atoms with Crippen LogP contribution in [0.25, 0.3) is 0 Å². The lowest BCUT2D eigenvalue weighted by Gasteiger charge is -2.35. The van der Waals surface area contributed by atoms with Crippen molar-refractivity contribution in [3.05, 3.63) is 29.8 Å². The number of alkyl halides is 3. The molecule has 25 heavy (non-hydrogen) atoms. The number of rotatable bonds is 7. The van der Waals surface area contributed by atoms with Crippen molar-refractivity contribution in [2.24, 2.45) is 0 Å². The van der Waals surface area contributed by atoms with Crippen LogP contribution >= 0.6 is 0 Å². The molecule has 0 aromatic heterocycles. The van der Waals surface area contributed by atoms with Crippen molar-refractivity contribution < 1.29 is 22.7 Å². The lowest BCUT2D eigenvalue weighted by Crippen LogP contribution is -2.50. The summed E-state index contributed by atoms with van der Waals surface area (Å²) in [5.74, 6) is -0.224. The highest BCUT2D eigenvalue weighted by molar-refractivity contribution is 5.82. The smallest absolute Gasteiger partial charge is 0.406 e. The molecule has 0 heterocycles. The van der Waals surface area contributed by atoms with Gasteiger partial charge in [-0.2, -0.15) is 0 Å². The monoisotopic (exact) mass is 360 g/mol. The van der Waals surface area contributed by atoms with Crippen molar-refractivity contribution in [1.82, 2.24) is 9.80 Å². The van der Waals surface area contributed by atoms with Crippen LogP contribution in [-0.4, -0.2) is 47.2 Å². The van der Waals surface area contributed by atoms with Crippen LogP contribution in [0.4, 0.5) is 13.2 Å². The van der Waals surface area contributed by atoms with Crippen molar-refractivity contribution in [3.63, 3.8) is 0 Å². The number of hydrogen-bond acceptors (Lipinski definition) is 3. The first-order valence-electron chi connectivity index (χ1n) is 8.29. The van der Waals surface area contributed by atoms with Gasteiger partial charge in [-0.05, 0) is 59.4 Å². The maximum atomic E-state index is 12.7. The third-order valence-electron chi connectivity index (χ3n) is 3.97. The zero-order valence-electron chi connectivity index (χ0n) is 15.6. The molecular formula is C18H27F3N2O2. The number of carbonyl (C=O) groups excluding carboxylic acids is 1. The van der Waals surface area contributed by atoms with E-state index in [1.807, 2.05) is 51.5 Å². The summed E-state index contributed by atoms with van der Waals surface area (Å²) in [6.07, 6.45) is -4.70. The van der Waals surface area contributed by atoms with E-state index < -0.39 is 6.36 Å². The van der Waals surface area contributed by atoms with E-state index in [2.05, 4.69) is 4.74 Å². The molecule has 0 N–H and O–H groups in total. The summed E-state index contributed by atoms with van der Waals surface area (Å²) in [6.45, 7) is 10.2. The molecule has 0 aliphatic rings. The summed E-state index contributed by atoms with van der Waals surface area (Å²) in [5.41, 5.74) is 0.803. The summed E-state index contributed by atoms with van der Waals surface area (Å²) < 4.78 is 40.4. The Balaban J connectivity index is 2.74. The van der Waals surface area contributed by atoms with Crippen LogP contribution < -0.4 is 4.74 Å². The highest BCUT2D eigenvalue weighted by Gasteiger charge is 2.31. The molecule has 1 amide bonds. The van der Waals surface area contributed by atoms with E-state index >= 15 is 0 Å². The molecule has 1 aromatic carbocycles. The Kier molecular flexibility index (Phi) is 7.29. The molecular weight excluding hydrogens is 333 g/mol. The topological polar surface area (TPSA) is 32.8 Å². The lowest BCUT2D eigenvalue weighted by molar-refractivity contribution is -0.274. The Morgan fingerprint density at radius 3 is 1.92 bits per heavy atom. The van der Waals surface area contributed by atoms with Crippen LogP contribution in [0.2, 0.25) is 0 Å². The number of halogens is 3. The third kappa shape index (κ3) is 6.57. The zero-order valence-corrected chi connectivity index (χ0v) is 15.6. The SMILES string of the molecule is CC(C(=O)N(C(C)C)C(C)C)N(C)Cc1ccc(OC(F)(F)F)cc1. The second-order valence-electron chi connectivity index (χ2n) is 6.72. The molecule has 0 spiro atoms. The molecule has 0 bridgehead atoms. The lowest BCUT2D eigenvalue weighted by atomic mass is 10.1. The maximum absolute atomic E-state index is 12.7. The first-order valence-corrected chi connectivity index (χ1v) is 8.29.